The summed E-state index contributed by atoms with van der Waals surface area (Å²) in [5.41, 5.74) is 2.58. The molecule has 0 bridgehead atoms. The summed E-state index contributed by atoms with van der Waals surface area (Å²) in [6.07, 6.45) is 6.85. The van der Waals surface area contributed by atoms with Crippen LogP contribution in [0.25, 0.3) is 0 Å². The topological polar surface area (TPSA) is 75.3 Å². The van der Waals surface area contributed by atoms with Crippen LogP contribution in [0.15, 0.2) is 91.0 Å². The van der Waals surface area contributed by atoms with Gasteiger partial charge in [-0.3, -0.25) is 4.79 Å². The van der Waals surface area contributed by atoms with Crippen LogP contribution in [0.2, 0.25) is 0 Å². The van der Waals surface area contributed by atoms with Crippen molar-refractivity contribution >= 4 is 15.9 Å². The third-order valence-electron chi connectivity index (χ3n) is 6.24. The standard InChI is InChI=1S/C30H38N2O3S/c1-2-3-4-5-6-16-23-28(32-36(34,35)24-25-17-10-7-11-18-25)30(33)31-29(26-19-12-8-13-20-26)27-21-14-9-15-22-27/h7-15,17-22,28-29,32H,2-6,16,23-24H2,1H3,(H,31,33). The highest BCUT2D eigenvalue weighted by atomic mass is 32.2. The van der Waals surface area contributed by atoms with E-state index >= 15 is 0 Å². The maximum Gasteiger partial charge on any atom is 0.238 e. The average molecular weight is 507 g/mol. The zero-order valence-corrected chi connectivity index (χ0v) is 21.9. The van der Waals surface area contributed by atoms with Crippen molar-refractivity contribution in [1.82, 2.24) is 10.0 Å². The molecule has 0 aromatic heterocycles. The van der Waals surface area contributed by atoms with Gasteiger partial charge in [0, 0.05) is 0 Å². The van der Waals surface area contributed by atoms with Crippen LogP contribution < -0.4 is 10.0 Å². The van der Waals surface area contributed by atoms with Gasteiger partial charge in [-0.15, -0.1) is 0 Å². The number of rotatable bonds is 15. The number of benzene rings is 3. The first-order valence-electron chi connectivity index (χ1n) is 12.9. The second kappa shape index (κ2) is 14.6. The Kier molecular flexibility index (Phi) is 11.2. The molecule has 0 aliphatic rings. The van der Waals surface area contributed by atoms with Crippen LogP contribution in [-0.2, 0) is 20.6 Å². The van der Waals surface area contributed by atoms with Crippen LogP contribution in [0.3, 0.4) is 0 Å². The van der Waals surface area contributed by atoms with Crippen molar-refractivity contribution in [2.75, 3.05) is 0 Å². The predicted octanol–water partition coefficient (Wildman–Crippen LogP) is 6.13. The van der Waals surface area contributed by atoms with E-state index < -0.39 is 16.1 Å². The van der Waals surface area contributed by atoms with Crippen LogP contribution in [-0.4, -0.2) is 20.4 Å². The van der Waals surface area contributed by atoms with Gasteiger partial charge in [0.05, 0.1) is 11.8 Å². The molecule has 6 heteroatoms. The van der Waals surface area contributed by atoms with E-state index in [2.05, 4.69) is 17.0 Å². The molecule has 1 atom stereocenters. The molecule has 192 valence electrons. The highest BCUT2D eigenvalue weighted by Crippen LogP contribution is 2.22. The first-order valence-corrected chi connectivity index (χ1v) is 14.6. The fourth-order valence-corrected chi connectivity index (χ4v) is 5.69. The summed E-state index contributed by atoms with van der Waals surface area (Å²) in [7, 11) is -3.71. The highest BCUT2D eigenvalue weighted by Gasteiger charge is 2.27. The van der Waals surface area contributed by atoms with Gasteiger partial charge in [-0.1, -0.05) is 136 Å². The fraction of sp³-hybridized carbons (Fsp3) is 0.367. The second-order valence-electron chi connectivity index (χ2n) is 9.23. The van der Waals surface area contributed by atoms with E-state index in [0.29, 0.717) is 12.0 Å². The molecule has 1 amide bonds. The van der Waals surface area contributed by atoms with E-state index in [4.69, 9.17) is 0 Å². The molecule has 0 radical (unpaired) electrons. The molecule has 36 heavy (non-hydrogen) atoms. The van der Waals surface area contributed by atoms with Gasteiger partial charge in [-0.25, -0.2) is 13.1 Å². The largest absolute Gasteiger partial charge is 0.344 e. The molecule has 0 saturated carbocycles. The quantitative estimate of drug-likeness (QED) is 0.243. The normalized spacial score (nSPS) is 12.4. The van der Waals surface area contributed by atoms with Gasteiger partial charge < -0.3 is 5.32 Å². The molecule has 3 rings (SSSR count). The second-order valence-corrected chi connectivity index (χ2v) is 11.0. The number of hydrogen-bond acceptors (Lipinski definition) is 3. The third-order valence-corrected chi connectivity index (χ3v) is 7.59. The zero-order chi connectivity index (χ0) is 25.6. The minimum atomic E-state index is -3.71. The minimum Gasteiger partial charge on any atom is -0.344 e. The molecular formula is C30H38N2O3S. The van der Waals surface area contributed by atoms with E-state index in [1.807, 2.05) is 78.9 Å². The van der Waals surface area contributed by atoms with Crippen molar-refractivity contribution in [2.45, 2.75) is 69.7 Å². The molecule has 0 saturated heterocycles. The van der Waals surface area contributed by atoms with Crippen LogP contribution in [0.4, 0.5) is 0 Å². The van der Waals surface area contributed by atoms with E-state index in [0.717, 1.165) is 36.8 Å². The summed E-state index contributed by atoms with van der Waals surface area (Å²) < 4.78 is 28.8. The first kappa shape index (κ1) is 27.6. The van der Waals surface area contributed by atoms with Crippen molar-refractivity contribution in [3.05, 3.63) is 108 Å². The Balaban J connectivity index is 1.76. The molecule has 2 N–H and O–H groups in total. The number of carbonyl (C=O) groups excluding carboxylic acids is 1. The Labute approximate surface area is 216 Å². The Morgan fingerprint density at radius 1 is 0.722 bits per heavy atom. The van der Waals surface area contributed by atoms with Crippen molar-refractivity contribution in [1.29, 1.82) is 0 Å². The van der Waals surface area contributed by atoms with Crippen molar-refractivity contribution in [3.8, 4) is 0 Å². The highest BCUT2D eigenvalue weighted by molar-refractivity contribution is 7.88. The third kappa shape index (κ3) is 9.25. The summed E-state index contributed by atoms with van der Waals surface area (Å²) >= 11 is 0. The smallest absolute Gasteiger partial charge is 0.238 e. The number of nitrogens with one attached hydrogen (secondary N) is 2. The summed E-state index contributed by atoms with van der Waals surface area (Å²) in [5, 5.41) is 3.13. The van der Waals surface area contributed by atoms with Gasteiger partial charge in [-0.2, -0.15) is 0 Å². The molecule has 0 aliphatic heterocycles. The van der Waals surface area contributed by atoms with E-state index in [1.165, 1.54) is 12.8 Å². The Morgan fingerprint density at radius 2 is 1.22 bits per heavy atom. The number of unbranched alkanes of at least 4 members (excludes halogenated alkanes) is 5. The van der Waals surface area contributed by atoms with Crippen LogP contribution in [0.1, 0.15) is 74.6 Å². The summed E-state index contributed by atoms with van der Waals surface area (Å²) in [6, 6.07) is 27.4. The van der Waals surface area contributed by atoms with Gasteiger partial charge in [0.1, 0.15) is 6.04 Å². The Bertz CT molecular complexity index is 1100. The lowest BCUT2D eigenvalue weighted by molar-refractivity contribution is -0.123. The monoisotopic (exact) mass is 506 g/mol. The predicted molar refractivity (Wildman–Crippen MR) is 147 cm³/mol. The average Bonchev–Trinajstić information content (AvgIpc) is 2.89. The van der Waals surface area contributed by atoms with E-state index in [1.54, 1.807) is 12.1 Å². The lowest BCUT2D eigenvalue weighted by atomic mass is 9.98. The van der Waals surface area contributed by atoms with Crippen LogP contribution in [0, 0.1) is 0 Å². The SMILES string of the molecule is CCCCCCCCC(NS(=O)(=O)Cc1ccccc1)C(=O)NC(c1ccccc1)c1ccccc1. The Hall–Kier alpha value is -2.96. The zero-order valence-electron chi connectivity index (χ0n) is 21.1. The molecule has 3 aromatic rings. The molecule has 0 heterocycles. The van der Waals surface area contributed by atoms with Crippen molar-refractivity contribution in [2.24, 2.45) is 0 Å². The Morgan fingerprint density at radius 3 is 1.78 bits per heavy atom. The molecule has 5 nitrogen and oxygen atoms in total. The summed E-state index contributed by atoms with van der Waals surface area (Å²) in [5.74, 6) is -0.465. The van der Waals surface area contributed by atoms with Crippen molar-refractivity contribution < 1.29 is 13.2 Å². The number of sulfonamides is 1. The molecule has 3 aromatic carbocycles. The van der Waals surface area contributed by atoms with Gasteiger partial charge in [0.25, 0.3) is 0 Å². The van der Waals surface area contributed by atoms with E-state index in [-0.39, 0.29) is 17.7 Å². The molecule has 0 spiro atoms. The van der Waals surface area contributed by atoms with Gasteiger partial charge in [0.2, 0.25) is 15.9 Å². The number of amides is 1. The summed E-state index contributed by atoms with van der Waals surface area (Å²) in [4.78, 5) is 13.6. The number of hydrogen-bond donors (Lipinski definition) is 2. The fourth-order valence-electron chi connectivity index (χ4n) is 4.32. The van der Waals surface area contributed by atoms with Gasteiger partial charge >= 0.3 is 0 Å². The van der Waals surface area contributed by atoms with Crippen molar-refractivity contribution in [3.63, 3.8) is 0 Å². The van der Waals surface area contributed by atoms with Gasteiger partial charge in [-0.05, 0) is 23.1 Å². The molecular weight excluding hydrogens is 468 g/mol. The minimum absolute atomic E-state index is 0.158. The van der Waals surface area contributed by atoms with E-state index in [9.17, 15) is 13.2 Å². The maximum absolute atomic E-state index is 13.6. The van der Waals surface area contributed by atoms with Crippen LogP contribution >= 0.6 is 0 Å². The van der Waals surface area contributed by atoms with Crippen LogP contribution in [0.5, 0.6) is 0 Å². The molecule has 0 aliphatic carbocycles. The first-order chi connectivity index (χ1) is 17.5. The lowest BCUT2D eigenvalue weighted by Gasteiger charge is -2.24. The maximum atomic E-state index is 13.6. The molecule has 0 fully saturated rings. The molecule has 1 unspecified atom stereocenters. The van der Waals surface area contributed by atoms with Gasteiger partial charge in [0.15, 0.2) is 0 Å². The lowest BCUT2D eigenvalue weighted by Crippen LogP contribution is -2.48. The number of carbonyl (C=O) groups is 1. The summed E-state index contributed by atoms with van der Waals surface area (Å²) in [6.45, 7) is 2.18.